The maximum atomic E-state index is 12.6. The third-order valence-electron chi connectivity index (χ3n) is 7.53. The molecule has 0 radical (unpaired) electrons. The predicted octanol–water partition coefficient (Wildman–Crippen LogP) is 7.76. The second-order valence-electron chi connectivity index (χ2n) is 9.52. The Kier molecular flexibility index (Phi) is 7.31. The number of rotatable bonds is 7. The summed E-state index contributed by atoms with van der Waals surface area (Å²) in [5, 5.41) is 11.0. The van der Waals surface area contributed by atoms with E-state index in [-0.39, 0.29) is 18.0 Å². The third-order valence-corrected chi connectivity index (χ3v) is 7.88. The van der Waals surface area contributed by atoms with Gasteiger partial charge >= 0.3 is 5.97 Å². The van der Waals surface area contributed by atoms with Gasteiger partial charge in [0.2, 0.25) is 0 Å². The zero-order valence-electron chi connectivity index (χ0n) is 20.9. The molecule has 1 N–H and O–H groups in total. The molecule has 0 amide bonds. The summed E-state index contributed by atoms with van der Waals surface area (Å²) in [5.41, 5.74) is 5.20. The summed E-state index contributed by atoms with van der Waals surface area (Å²) in [6, 6.07) is 33.3. The fraction of sp³-hybridized carbons (Fsp3) is 0.219. The molecule has 1 heterocycles. The predicted molar refractivity (Wildman–Crippen MR) is 148 cm³/mol. The van der Waals surface area contributed by atoms with Crippen LogP contribution in [-0.4, -0.2) is 29.1 Å². The lowest BCUT2D eigenvalue weighted by atomic mass is 9.86. The van der Waals surface area contributed by atoms with Gasteiger partial charge in [-0.2, -0.15) is 0 Å². The highest BCUT2D eigenvalue weighted by atomic mass is 35.5. The van der Waals surface area contributed by atoms with Crippen LogP contribution in [0, 0.1) is 0 Å². The number of carboxylic acid groups (broad SMARTS) is 1. The highest BCUT2D eigenvalue weighted by Crippen LogP contribution is 2.52. The van der Waals surface area contributed by atoms with Crippen molar-refractivity contribution in [3.05, 3.63) is 125 Å². The number of methoxy groups -OCH3 is 1. The molecule has 0 saturated carbocycles. The highest BCUT2D eigenvalue weighted by molar-refractivity contribution is 6.31. The van der Waals surface area contributed by atoms with Crippen LogP contribution in [0.3, 0.4) is 0 Å². The minimum absolute atomic E-state index is 0.00231. The molecule has 188 valence electrons. The summed E-state index contributed by atoms with van der Waals surface area (Å²) >= 11 is 6.73. The van der Waals surface area contributed by atoms with Crippen LogP contribution in [0.5, 0.6) is 5.75 Å². The standard InChI is InChI=1S/C32H30ClNO3/c1-21(22-16-18-24(19-17-22)25-12-7-9-15-30(25)37-2)34-29(32(35)36)20-27(23-10-4-3-5-11-23)31(34)26-13-6-8-14-28(26)33/h3-19,21,27,29,31H,20H2,1-2H3,(H,35,36)/t21?,27-,29+,31+/m1/s1. The number of hydrogen-bond donors (Lipinski definition) is 1. The van der Waals surface area contributed by atoms with Crippen molar-refractivity contribution in [1.82, 2.24) is 4.90 Å². The lowest BCUT2D eigenvalue weighted by molar-refractivity contribution is -0.143. The number of benzene rings is 4. The molecule has 0 bridgehead atoms. The number of hydrogen-bond acceptors (Lipinski definition) is 3. The monoisotopic (exact) mass is 511 g/mol. The van der Waals surface area contributed by atoms with Crippen LogP contribution in [-0.2, 0) is 4.79 Å². The Balaban J connectivity index is 1.56. The second kappa shape index (κ2) is 10.8. The Morgan fingerprint density at radius 1 is 0.919 bits per heavy atom. The van der Waals surface area contributed by atoms with Crippen molar-refractivity contribution in [3.63, 3.8) is 0 Å². The molecule has 0 spiro atoms. The third kappa shape index (κ3) is 4.87. The van der Waals surface area contributed by atoms with Gasteiger partial charge in [-0.05, 0) is 47.7 Å². The largest absolute Gasteiger partial charge is 0.496 e. The van der Waals surface area contributed by atoms with Crippen LogP contribution >= 0.6 is 11.6 Å². The zero-order chi connectivity index (χ0) is 25.9. The van der Waals surface area contributed by atoms with Crippen LogP contribution in [0.4, 0.5) is 0 Å². The van der Waals surface area contributed by atoms with E-state index in [0.29, 0.717) is 11.4 Å². The molecule has 0 aliphatic carbocycles. The lowest BCUT2D eigenvalue weighted by Gasteiger charge is -2.36. The molecule has 0 aromatic heterocycles. The molecular formula is C32H30ClNO3. The number of aliphatic carboxylic acids is 1. The minimum atomic E-state index is -0.812. The molecular weight excluding hydrogens is 482 g/mol. The lowest BCUT2D eigenvalue weighted by Crippen LogP contribution is -2.39. The summed E-state index contributed by atoms with van der Waals surface area (Å²) < 4.78 is 5.54. The minimum Gasteiger partial charge on any atom is -0.496 e. The SMILES string of the molecule is COc1ccccc1-c1ccc(C(C)N2[C@H](C(=O)O)C[C@H](c3ccccc3)[C@@H]2c2ccccc2Cl)cc1. The molecule has 4 aromatic carbocycles. The summed E-state index contributed by atoms with van der Waals surface area (Å²) in [6.45, 7) is 2.09. The fourth-order valence-corrected chi connectivity index (χ4v) is 5.99. The Morgan fingerprint density at radius 2 is 1.57 bits per heavy atom. The van der Waals surface area contributed by atoms with Gasteiger partial charge in [-0.3, -0.25) is 9.69 Å². The maximum Gasteiger partial charge on any atom is 0.320 e. The summed E-state index contributed by atoms with van der Waals surface area (Å²) in [5.74, 6) is 0.00347. The molecule has 1 fully saturated rings. The first-order valence-electron chi connectivity index (χ1n) is 12.5. The van der Waals surface area contributed by atoms with Crippen LogP contribution < -0.4 is 4.74 Å². The van der Waals surface area contributed by atoms with Crippen LogP contribution in [0.2, 0.25) is 5.02 Å². The van der Waals surface area contributed by atoms with Crippen molar-refractivity contribution < 1.29 is 14.6 Å². The van der Waals surface area contributed by atoms with E-state index >= 15 is 0 Å². The van der Waals surface area contributed by atoms with E-state index in [9.17, 15) is 9.90 Å². The van der Waals surface area contributed by atoms with Gasteiger partial charge in [0.1, 0.15) is 11.8 Å². The average Bonchev–Trinajstić information content (AvgIpc) is 3.34. The number of halogens is 1. The number of carbonyl (C=O) groups is 1. The van der Waals surface area contributed by atoms with Gasteiger partial charge in [-0.15, -0.1) is 0 Å². The number of para-hydroxylation sites is 1. The molecule has 5 rings (SSSR count). The van der Waals surface area contributed by atoms with Crippen molar-refractivity contribution in [3.8, 4) is 16.9 Å². The molecule has 4 nitrogen and oxygen atoms in total. The molecule has 1 saturated heterocycles. The van der Waals surface area contributed by atoms with Crippen LogP contribution in [0.1, 0.15) is 48.0 Å². The van der Waals surface area contributed by atoms with Gasteiger partial charge in [-0.25, -0.2) is 0 Å². The quantitative estimate of drug-likeness (QED) is 0.275. The second-order valence-corrected chi connectivity index (χ2v) is 9.93. The summed E-state index contributed by atoms with van der Waals surface area (Å²) in [4.78, 5) is 14.7. The summed E-state index contributed by atoms with van der Waals surface area (Å²) in [6.07, 6.45) is 0.513. The van der Waals surface area contributed by atoms with E-state index in [1.807, 2.05) is 66.7 Å². The Morgan fingerprint density at radius 3 is 2.24 bits per heavy atom. The van der Waals surface area contributed by atoms with Crippen molar-refractivity contribution in [2.75, 3.05) is 7.11 Å². The van der Waals surface area contributed by atoms with Crippen molar-refractivity contribution in [1.29, 1.82) is 0 Å². The van der Waals surface area contributed by atoms with Gasteiger partial charge in [0, 0.05) is 28.6 Å². The number of nitrogens with zero attached hydrogens (tertiary/aromatic N) is 1. The fourth-order valence-electron chi connectivity index (χ4n) is 5.74. The van der Waals surface area contributed by atoms with Gasteiger partial charge in [0.25, 0.3) is 0 Å². The molecule has 4 aromatic rings. The molecule has 37 heavy (non-hydrogen) atoms. The molecule has 5 heteroatoms. The first-order chi connectivity index (χ1) is 18.0. The van der Waals surface area contributed by atoms with Gasteiger partial charge in [-0.1, -0.05) is 103 Å². The van der Waals surface area contributed by atoms with Crippen LogP contribution in [0.15, 0.2) is 103 Å². The first kappa shape index (κ1) is 25.1. The van der Waals surface area contributed by atoms with E-state index in [1.54, 1.807) is 7.11 Å². The normalized spacial score (nSPS) is 20.5. The molecule has 4 atom stereocenters. The number of carboxylic acids is 1. The Hall–Kier alpha value is -3.60. The first-order valence-corrected chi connectivity index (χ1v) is 12.9. The zero-order valence-corrected chi connectivity index (χ0v) is 21.7. The van der Waals surface area contributed by atoms with E-state index < -0.39 is 12.0 Å². The van der Waals surface area contributed by atoms with E-state index in [2.05, 4.69) is 48.2 Å². The topological polar surface area (TPSA) is 49.8 Å². The summed E-state index contributed by atoms with van der Waals surface area (Å²) in [7, 11) is 1.67. The molecule has 1 unspecified atom stereocenters. The maximum absolute atomic E-state index is 12.6. The number of ether oxygens (including phenoxy) is 1. The smallest absolute Gasteiger partial charge is 0.320 e. The molecule has 1 aliphatic heterocycles. The van der Waals surface area contributed by atoms with Gasteiger partial charge in [0.15, 0.2) is 0 Å². The van der Waals surface area contributed by atoms with Crippen molar-refractivity contribution >= 4 is 17.6 Å². The van der Waals surface area contributed by atoms with Crippen molar-refractivity contribution in [2.24, 2.45) is 0 Å². The van der Waals surface area contributed by atoms with Gasteiger partial charge in [0.05, 0.1) is 7.11 Å². The Labute approximate surface area is 223 Å². The van der Waals surface area contributed by atoms with Crippen molar-refractivity contribution in [2.45, 2.75) is 37.4 Å². The van der Waals surface area contributed by atoms with E-state index in [0.717, 1.165) is 33.6 Å². The highest BCUT2D eigenvalue weighted by Gasteiger charge is 2.48. The van der Waals surface area contributed by atoms with E-state index in [1.165, 1.54) is 0 Å². The molecule has 1 aliphatic rings. The average molecular weight is 512 g/mol. The number of likely N-dealkylation sites (tertiary alicyclic amines) is 1. The van der Waals surface area contributed by atoms with E-state index in [4.69, 9.17) is 16.3 Å². The van der Waals surface area contributed by atoms with Gasteiger partial charge < -0.3 is 9.84 Å². The van der Waals surface area contributed by atoms with Crippen LogP contribution in [0.25, 0.3) is 11.1 Å². The Bertz CT molecular complexity index is 1370.